The lowest BCUT2D eigenvalue weighted by atomic mass is 9.85. The van der Waals surface area contributed by atoms with Crippen LogP contribution in [0, 0.1) is 11.8 Å². The average molecular weight is 213 g/mol. The molecular formula is C11H23N3O. The van der Waals surface area contributed by atoms with Crippen molar-refractivity contribution in [1.82, 2.24) is 10.3 Å². The van der Waals surface area contributed by atoms with E-state index in [9.17, 15) is 4.79 Å². The number of rotatable bonds is 6. The minimum Gasteiger partial charge on any atom is -0.303 e. The Morgan fingerprint density at radius 3 is 2.67 bits per heavy atom. The SMILES string of the molecule is CCN(CC1CCC1)CC(C)C(=O)NN. The van der Waals surface area contributed by atoms with Gasteiger partial charge in [-0.2, -0.15) is 0 Å². The number of amides is 1. The average Bonchev–Trinajstić information content (AvgIpc) is 2.19. The lowest BCUT2D eigenvalue weighted by molar-refractivity contribution is -0.125. The van der Waals surface area contributed by atoms with Crippen molar-refractivity contribution in [3.05, 3.63) is 0 Å². The first-order valence-electron chi connectivity index (χ1n) is 5.90. The van der Waals surface area contributed by atoms with Gasteiger partial charge in [0.25, 0.3) is 0 Å². The molecule has 0 spiro atoms. The minimum atomic E-state index is -0.0675. The lowest BCUT2D eigenvalue weighted by Gasteiger charge is -2.32. The Kier molecular flexibility index (Phi) is 5.05. The third-order valence-electron chi connectivity index (χ3n) is 3.31. The van der Waals surface area contributed by atoms with Gasteiger partial charge in [0.15, 0.2) is 0 Å². The summed E-state index contributed by atoms with van der Waals surface area (Å²) in [7, 11) is 0. The molecule has 0 saturated heterocycles. The standard InChI is InChI=1S/C11H23N3O/c1-3-14(8-10-5-4-6-10)7-9(2)11(15)13-12/h9-10H,3-8,12H2,1-2H3,(H,13,15). The monoisotopic (exact) mass is 213 g/mol. The summed E-state index contributed by atoms with van der Waals surface area (Å²) in [6, 6.07) is 0. The summed E-state index contributed by atoms with van der Waals surface area (Å²) >= 11 is 0. The van der Waals surface area contributed by atoms with Gasteiger partial charge in [0.1, 0.15) is 0 Å². The number of hydrogen-bond acceptors (Lipinski definition) is 3. The fourth-order valence-electron chi connectivity index (χ4n) is 1.99. The molecule has 3 N–H and O–H groups in total. The van der Waals surface area contributed by atoms with E-state index in [2.05, 4.69) is 17.2 Å². The van der Waals surface area contributed by atoms with E-state index in [0.717, 1.165) is 25.6 Å². The fourth-order valence-corrected chi connectivity index (χ4v) is 1.99. The second kappa shape index (κ2) is 6.08. The molecule has 0 aromatic heterocycles. The molecule has 1 unspecified atom stereocenters. The number of nitrogens with zero attached hydrogens (tertiary/aromatic N) is 1. The van der Waals surface area contributed by atoms with E-state index in [4.69, 9.17) is 5.84 Å². The molecule has 1 aliphatic rings. The van der Waals surface area contributed by atoms with Gasteiger partial charge in [-0.25, -0.2) is 5.84 Å². The van der Waals surface area contributed by atoms with Gasteiger partial charge in [-0.05, 0) is 25.3 Å². The van der Waals surface area contributed by atoms with Gasteiger partial charge in [-0.15, -0.1) is 0 Å². The van der Waals surface area contributed by atoms with Crippen LogP contribution in [0.15, 0.2) is 0 Å². The number of carbonyl (C=O) groups is 1. The molecule has 0 aliphatic heterocycles. The molecule has 0 radical (unpaired) electrons. The number of hydrazine groups is 1. The van der Waals surface area contributed by atoms with Gasteiger partial charge < -0.3 is 4.90 Å². The maximum absolute atomic E-state index is 11.3. The maximum Gasteiger partial charge on any atom is 0.237 e. The maximum atomic E-state index is 11.3. The highest BCUT2D eigenvalue weighted by Gasteiger charge is 2.22. The molecule has 0 bridgehead atoms. The molecule has 1 fully saturated rings. The molecular weight excluding hydrogens is 190 g/mol. The molecule has 15 heavy (non-hydrogen) atoms. The second-order valence-corrected chi connectivity index (χ2v) is 4.56. The van der Waals surface area contributed by atoms with Crippen molar-refractivity contribution in [1.29, 1.82) is 0 Å². The predicted molar refractivity (Wildman–Crippen MR) is 60.9 cm³/mol. The minimum absolute atomic E-state index is 0.0185. The van der Waals surface area contributed by atoms with Gasteiger partial charge in [0, 0.05) is 19.0 Å². The summed E-state index contributed by atoms with van der Waals surface area (Å²) in [6.07, 6.45) is 4.09. The van der Waals surface area contributed by atoms with Crippen molar-refractivity contribution in [2.45, 2.75) is 33.1 Å². The Bertz CT molecular complexity index is 204. The summed E-state index contributed by atoms with van der Waals surface area (Å²) in [5.74, 6) is 5.88. The van der Waals surface area contributed by atoms with Crippen LogP contribution < -0.4 is 11.3 Å². The zero-order valence-corrected chi connectivity index (χ0v) is 9.83. The van der Waals surface area contributed by atoms with Gasteiger partial charge in [-0.1, -0.05) is 20.3 Å². The van der Waals surface area contributed by atoms with Crippen LogP contribution in [-0.2, 0) is 4.79 Å². The van der Waals surface area contributed by atoms with Crippen LogP contribution in [0.5, 0.6) is 0 Å². The molecule has 1 amide bonds. The molecule has 1 aliphatic carbocycles. The smallest absolute Gasteiger partial charge is 0.237 e. The van der Waals surface area contributed by atoms with Crippen molar-refractivity contribution in [3.63, 3.8) is 0 Å². The van der Waals surface area contributed by atoms with Gasteiger partial charge >= 0.3 is 0 Å². The first-order valence-corrected chi connectivity index (χ1v) is 5.90. The van der Waals surface area contributed by atoms with E-state index < -0.39 is 0 Å². The lowest BCUT2D eigenvalue weighted by Crippen LogP contribution is -2.42. The highest BCUT2D eigenvalue weighted by molar-refractivity contribution is 5.77. The normalized spacial score (nSPS) is 18.7. The van der Waals surface area contributed by atoms with Crippen LogP contribution >= 0.6 is 0 Å². The molecule has 0 aromatic carbocycles. The summed E-state index contributed by atoms with van der Waals surface area (Å²) in [5.41, 5.74) is 2.21. The molecule has 1 rings (SSSR count). The molecule has 1 atom stereocenters. The van der Waals surface area contributed by atoms with Crippen LogP contribution in [0.3, 0.4) is 0 Å². The van der Waals surface area contributed by atoms with Gasteiger partial charge in [-0.3, -0.25) is 10.2 Å². The first-order chi connectivity index (χ1) is 7.17. The molecule has 88 valence electrons. The van der Waals surface area contributed by atoms with Gasteiger partial charge in [0.05, 0.1) is 0 Å². The summed E-state index contributed by atoms with van der Waals surface area (Å²) in [4.78, 5) is 13.6. The van der Waals surface area contributed by atoms with Crippen molar-refractivity contribution < 1.29 is 4.79 Å². The zero-order valence-electron chi connectivity index (χ0n) is 9.83. The summed E-state index contributed by atoms with van der Waals surface area (Å²) in [5, 5.41) is 0. The molecule has 0 heterocycles. The highest BCUT2D eigenvalue weighted by Crippen LogP contribution is 2.27. The first kappa shape index (κ1) is 12.5. The number of carbonyl (C=O) groups excluding carboxylic acids is 1. The molecule has 1 saturated carbocycles. The Morgan fingerprint density at radius 1 is 1.60 bits per heavy atom. The van der Waals surface area contributed by atoms with Crippen molar-refractivity contribution in [3.8, 4) is 0 Å². The Balaban J connectivity index is 2.28. The van der Waals surface area contributed by atoms with E-state index in [0.29, 0.717) is 0 Å². The zero-order chi connectivity index (χ0) is 11.3. The summed E-state index contributed by atoms with van der Waals surface area (Å²) < 4.78 is 0. The second-order valence-electron chi connectivity index (χ2n) is 4.56. The number of nitrogens with two attached hydrogens (primary N) is 1. The molecule has 4 nitrogen and oxygen atoms in total. The van der Waals surface area contributed by atoms with Crippen molar-refractivity contribution >= 4 is 5.91 Å². The topological polar surface area (TPSA) is 58.4 Å². The van der Waals surface area contributed by atoms with E-state index in [1.165, 1.54) is 19.3 Å². The summed E-state index contributed by atoms with van der Waals surface area (Å²) in [6.45, 7) is 7.03. The quantitative estimate of drug-likeness (QED) is 0.388. The highest BCUT2D eigenvalue weighted by atomic mass is 16.2. The Hall–Kier alpha value is -0.610. The van der Waals surface area contributed by atoms with E-state index >= 15 is 0 Å². The van der Waals surface area contributed by atoms with Crippen LogP contribution in [0.1, 0.15) is 33.1 Å². The molecule has 4 heteroatoms. The van der Waals surface area contributed by atoms with Crippen molar-refractivity contribution in [2.24, 2.45) is 17.7 Å². The number of nitrogens with one attached hydrogen (secondary N) is 1. The largest absolute Gasteiger partial charge is 0.303 e. The molecule has 0 aromatic rings. The van der Waals surface area contributed by atoms with Crippen molar-refractivity contribution in [2.75, 3.05) is 19.6 Å². The third-order valence-corrected chi connectivity index (χ3v) is 3.31. The van der Waals surface area contributed by atoms with Crippen LogP contribution in [0.2, 0.25) is 0 Å². The van der Waals surface area contributed by atoms with Gasteiger partial charge in [0.2, 0.25) is 5.91 Å². The van der Waals surface area contributed by atoms with Crippen LogP contribution in [0.4, 0.5) is 0 Å². The Labute approximate surface area is 92.2 Å². The Morgan fingerprint density at radius 2 is 2.27 bits per heavy atom. The van der Waals surface area contributed by atoms with Crippen LogP contribution in [-0.4, -0.2) is 30.4 Å². The fraction of sp³-hybridized carbons (Fsp3) is 0.909. The number of hydrogen-bond donors (Lipinski definition) is 2. The predicted octanol–water partition coefficient (Wildman–Crippen LogP) is 0.734. The van der Waals surface area contributed by atoms with E-state index in [1.807, 2.05) is 6.92 Å². The van der Waals surface area contributed by atoms with Crippen LogP contribution in [0.25, 0.3) is 0 Å². The van der Waals surface area contributed by atoms with E-state index in [-0.39, 0.29) is 11.8 Å². The third kappa shape index (κ3) is 3.80. The van der Waals surface area contributed by atoms with E-state index in [1.54, 1.807) is 0 Å².